The van der Waals surface area contributed by atoms with Crippen molar-refractivity contribution >= 4 is 0 Å². The summed E-state index contributed by atoms with van der Waals surface area (Å²) in [5.41, 5.74) is 0. The topological polar surface area (TPSA) is 18.5 Å². The van der Waals surface area contributed by atoms with Crippen molar-refractivity contribution in [3.63, 3.8) is 0 Å². The molecule has 0 aromatic heterocycles. The van der Waals surface area contributed by atoms with Crippen LogP contribution in [0.2, 0.25) is 0 Å². The maximum Gasteiger partial charge on any atom is 0.0110 e. The van der Waals surface area contributed by atoms with Crippen LogP contribution >= 0.6 is 0 Å². The number of piperazine rings is 1. The van der Waals surface area contributed by atoms with Gasteiger partial charge in [-0.2, -0.15) is 0 Å². The molecular formula is C13H29N3. The fourth-order valence-electron chi connectivity index (χ4n) is 2.33. The molecule has 16 heavy (non-hydrogen) atoms. The van der Waals surface area contributed by atoms with E-state index in [9.17, 15) is 0 Å². The fraction of sp³-hybridized carbons (Fsp3) is 1.00. The standard InChI is InChI=1S/C13H29N3/c1-4-6-13(3)14-7-8-16-11-9-15(5-2)10-12-16/h13-14H,4-12H2,1-3H3. The van der Waals surface area contributed by atoms with Crippen molar-refractivity contribution < 1.29 is 0 Å². The van der Waals surface area contributed by atoms with Crippen LogP contribution in [0, 0.1) is 0 Å². The van der Waals surface area contributed by atoms with Gasteiger partial charge in [-0.1, -0.05) is 20.3 Å². The van der Waals surface area contributed by atoms with Gasteiger partial charge in [-0.3, -0.25) is 4.90 Å². The van der Waals surface area contributed by atoms with Gasteiger partial charge in [0.2, 0.25) is 0 Å². The fourth-order valence-corrected chi connectivity index (χ4v) is 2.33. The highest BCUT2D eigenvalue weighted by atomic mass is 15.3. The van der Waals surface area contributed by atoms with Crippen LogP contribution in [0.1, 0.15) is 33.6 Å². The van der Waals surface area contributed by atoms with Crippen LogP contribution in [0.15, 0.2) is 0 Å². The maximum absolute atomic E-state index is 3.60. The predicted molar refractivity (Wildman–Crippen MR) is 70.9 cm³/mol. The molecule has 1 rings (SSSR count). The highest BCUT2D eigenvalue weighted by molar-refractivity contribution is 4.72. The van der Waals surface area contributed by atoms with Crippen LogP contribution < -0.4 is 5.32 Å². The first-order valence-corrected chi connectivity index (χ1v) is 6.94. The number of hydrogen-bond donors (Lipinski definition) is 1. The molecule has 1 heterocycles. The number of rotatable bonds is 7. The molecule has 0 saturated carbocycles. The summed E-state index contributed by atoms with van der Waals surface area (Å²) in [7, 11) is 0. The highest BCUT2D eigenvalue weighted by Crippen LogP contribution is 2.00. The molecule has 0 aromatic rings. The van der Waals surface area contributed by atoms with Crippen LogP contribution in [-0.4, -0.2) is 61.7 Å². The smallest absolute Gasteiger partial charge is 0.0110 e. The first-order valence-electron chi connectivity index (χ1n) is 6.94. The van der Waals surface area contributed by atoms with Crippen LogP contribution in [0.25, 0.3) is 0 Å². The lowest BCUT2D eigenvalue weighted by atomic mass is 10.2. The van der Waals surface area contributed by atoms with Crippen LogP contribution in [0.4, 0.5) is 0 Å². The SMILES string of the molecule is CCCC(C)NCCN1CCN(CC)CC1. The van der Waals surface area contributed by atoms with Gasteiger partial charge < -0.3 is 10.2 Å². The Labute approximate surface area is 101 Å². The minimum absolute atomic E-state index is 0.682. The van der Waals surface area contributed by atoms with E-state index in [-0.39, 0.29) is 0 Å². The zero-order chi connectivity index (χ0) is 11.8. The molecule has 1 aliphatic heterocycles. The van der Waals surface area contributed by atoms with Gasteiger partial charge in [0, 0.05) is 45.3 Å². The van der Waals surface area contributed by atoms with Gasteiger partial charge in [0.1, 0.15) is 0 Å². The Morgan fingerprint density at radius 1 is 1.06 bits per heavy atom. The molecule has 0 aromatic carbocycles. The van der Waals surface area contributed by atoms with Gasteiger partial charge in [-0.15, -0.1) is 0 Å². The molecule has 3 heteroatoms. The molecule has 0 amide bonds. The second-order valence-electron chi connectivity index (χ2n) is 4.92. The summed E-state index contributed by atoms with van der Waals surface area (Å²) in [6, 6.07) is 0.682. The third-order valence-electron chi connectivity index (χ3n) is 3.55. The molecular weight excluding hydrogens is 198 g/mol. The van der Waals surface area contributed by atoms with Crippen molar-refractivity contribution in [2.24, 2.45) is 0 Å². The van der Waals surface area contributed by atoms with E-state index in [0.29, 0.717) is 6.04 Å². The summed E-state index contributed by atoms with van der Waals surface area (Å²) in [5, 5.41) is 3.60. The molecule has 96 valence electrons. The lowest BCUT2D eigenvalue weighted by Gasteiger charge is -2.34. The molecule has 0 bridgehead atoms. The lowest BCUT2D eigenvalue weighted by molar-refractivity contribution is 0.137. The Bertz CT molecular complexity index is 165. The van der Waals surface area contributed by atoms with E-state index < -0.39 is 0 Å². The summed E-state index contributed by atoms with van der Waals surface area (Å²) in [5.74, 6) is 0. The number of nitrogens with one attached hydrogen (secondary N) is 1. The maximum atomic E-state index is 3.60. The Hall–Kier alpha value is -0.120. The summed E-state index contributed by atoms with van der Waals surface area (Å²) in [6.07, 6.45) is 2.58. The average molecular weight is 227 g/mol. The van der Waals surface area contributed by atoms with Crippen LogP contribution in [-0.2, 0) is 0 Å². The molecule has 1 fully saturated rings. The summed E-state index contributed by atoms with van der Waals surface area (Å²) < 4.78 is 0. The minimum atomic E-state index is 0.682. The van der Waals surface area contributed by atoms with E-state index in [2.05, 4.69) is 35.9 Å². The Kier molecular flexibility index (Phi) is 7.01. The van der Waals surface area contributed by atoms with Gasteiger partial charge in [0.15, 0.2) is 0 Å². The highest BCUT2D eigenvalue weighted by Gasteiger charge is 2.14. The van der Waals surface area contributed by atoms with Gasteiger partial charge in [0.25, 0.3) is 0 Å². The first kappa shape index (κ1) is 13.9. The van der Waals surface area contributed by atoms with E-state index in [1.165, 1.54) is 52.1 Å². The molecule has 1 N–H and O–H groups in total. The zero-order valence-corrected chi connectivity index (χ0v) is 11.3. The van der Waals surface area contributed by atoms with Gasteiger partial charge in [-0.05, 0) is 19.9 Å². The van der Waals surface area contributed by atoms with Crippen LogP contribution in [0.5, 0.6) is 0 Å². The van der Waals surface area contributed by atoms with E-state index in [4.69, 9.17) is 0 Å². The number of likely N-dealkylation sites (N-methyl/N-ethyl adjacent to an activating group) is 1. The van der Waals surface area contributed by atoms with Crippen molar-refractivity contribution in [1.29, 1.82) is 0 Å². The summed E-state index contributed by atoms with van der Waals surface area (Å²) >= 11 is 0. The Balaban J connectivity index is 2.02. The Morgan fingerprint density at radius 3 is 2.25 bits per heavy atom. The lowest BCUT2D eigenvalue weighted by Crippen LogP contribution is -2.48. The first-order chi connectivity index (χ1) is 7.76. The number of hydrogen-bond acceptors (Lipinski definition) is 3. The van der Waals surface area contributed by atoms with Crippen molar-refractivity contribution in [3.8, 4) is 0 Å². The normalized spacial score (nSPS) is 21.2. The van der Waals surface area contributed by atoms with Gasteiger partial charge in [0.05, 0.1) is 0 Å². The molecule has 1 atom stereocenters. The van der Waals surface area contributed by atoms with Crippen molar-refractivity contribution in [1.82, 2.24) is 15.1 Å². The monoisotopic (exact) mass is 227 g/mol. The number of nitrogens with zero attached hydrogens (tertiary/aromatic N) is 2. The van der Waals surface area contributed by atoms with Crippen molar-refractivity contribution in [3.05, 3.63) is 0 Å². The molecule has 0 aliphatic carbocycles. The third kappa shape index (κ3) is 5.28. The van der Waals surface area contributed by atoms with Crippen molar-refractivity contribution in [2.45, 2.75) is 39.7 Å². The second-order valence-corrected chi connectivity index (χ2v) is 4.92. The van der Waals surface area contributed by atoms with Crippen molar-refractivity contribution in [2.75, 3.05) is 45.8 Å². The molecule has 0 radical (unpaired) electrons. The van der Waals surface area contributed by atoms with E-state index in [1.54, 1.807) is 0 Å². The molecule has 1 aliphatic rings. The van der Waals surface area contributed by atoms with E-state index >= 15 is 0 Å². The quantitative estimate of drug-likeness (QED) is 0.709. The molecule has 1 saturated heterocycles. The molecule has 1 unspecified atom stereocenters. The largest absolute Gasteiger partial charge is 0.313 e. The minimum Gasteiger partial charge on any atom is -0.313 e. The van der Waals surface area contributed by atoms with E-state index in [1.807, 2.05) is 0 Å². The average Bonchev–Trinajstić information content (AvgIpc) is 2.30. The Morgan fingerprint density at radius 2 is 1.69 bits per heavy atom. The van der Waals surface area contributed by atoms with Crippen LogP contribution in [0.3, 0.4) is 0 Å². The van der Waals surface area contributed by atoms with Gasteiger partial charge in [-0.25, -0.2) is 0 Å². The summed E-state index contributed by atoms with van der Waals surface area (Å²) in [4.78, 5) is 5.11. The second kappa shape index (κ2) is 8.04. The molecule has 0 spiro atoms. The zero-order valence-electron chi connectivity index (χ0n) is 11.3. The third-order valence-corrected chi connectivity index (χ3v) is 3.55. The summed E-state index contributed by atoms with van der Waals surface area (Å²) in [6.45, 7) is 15.4. The van der Waals surface area contributed by atoms with Gasteiger partial charge >= 0.3 is 0 Å². The predicted octanol–water partition coefficient (Wildman–Crippen LogP) is 1.40. The molecule has 3 nitrogen and oxygen atoms in total. The van der Waals surface area contributed by atoms with E-state index in [0.717, 1.165) is 6.54 Å².